The molecule has 0 radical (unpaired) electrons. The average molecular weight is 411 g/mol. The number of fused-ring (bicyclic) bond motifs is 3. The fourth-order valence-electron chi connectivity index (χ4n) is 6.33. The maximum Gasteiger partial charge on any atom is 0.275 e. The van der Waals surface area contributed by atoms with Crippen LogP contribution in [-0.2, 0) is 31.2 Å². The fraction of sp³-hybridized carbons (Fsp3) is 0.682. The third kappa shape index (κ3) is 2.92. The first-order valence-electron chi connectivity index (χ1n) is 11.3. The summed E-state index contributed by atoms with van der Waals surface area (Å²) in [5, 5.41) is 7.52. The highest BCUT2D eigenvalue weighted by atomic mass is 16.5. The lowest BCUT2D eigenvalue weighted by Gasteiger charge is -2.50. The Balaban J connectivity index is 1.19. The van der Waals surface area contributed by atoms with Crippen molar-refractivity contribution in [2.45, 2.75) is 69.2 Å². The molecule has 1 spiro atoms. The van der Waals surface area contributed by atoms with Crippen molar-refractivity contribution in [2.24, 2.45) is 7.05 Å². The number of imidazole rings is 1. The first-order valence-corrected chi connectivity index (χ1v) is 11.3. The summed E-state index contributed by atoms with van der Waals surface area (Å²) in [6, 6.07) is 0.531. The van der Waals surface area contributed by atoms with Crippen LogP contribution in [-0.4, -0.2) is 72.8 Å². The normalized spacial score (nSPS) is 30.9. The van der Waals surface area contributed by atoms with E-state index in [0.717, 1.165) is 76.8 Å². The molecule has 1 aliphatic carbocycles. The molecular formula is C22H30N6O2. The topological polar surface area (TPSA) is 79.3 Å². The van der Waals surface area contributed by atoms with Gasteiger partial charge in [0.1, 0.15) is 0 Å². The predicted octanol–water partition coefficient (Wildman–Crippen LogP) is 1.67. The Hall–Kier alpha value is -2.19. The van der Waals surface area contributed by atoms with Crippen molar-refractivity contribution in [3.8, 4) is 0 Å². The molecule has 2 aromatic rings. The van der Waals surface area contributed by atoms with E-state index in [-0.39, 0.29) is 23.6 Å². The Bertz CT molecular complexity index is 951. The van der Waals surface area contributed by atoms with Crippen molar-refractivity contribution in [1.82, 2.24) is 29.5 Å². The third-order valence-electron chi connectivity index (χ3n) is 7.71. The zero-order chi connectivity index (χ0) is 20.3. The van der Waals surface area contributed by atoms with E-state index in [9.17, 15) is 4.79 Å². The molecule has 3 saturated heterocycles. The van der Waals surface area contributed by atoms with E-state index in [0.29, 0.717) is 5.69 Å². The van der Waals surface area contributed by atoms with E-state index in [2.05, 4.69) is 36.6 Å². The van der Waals surface area contributed by atoms with E-state index < -0.39 is 0 Å². The summed E-state index contributed by atoms with van der Waals surface area (Å²) in [5.41, 5.74) is 4.11. The minimum Gasteiger partial charge on any atom is -0.372 e. The number of aromatic amines is 1. The number of rotatable bonds is 3. The van der Waals surface area contributed by atoms with Crippen molar-refractivity contribution >= 4 is 5.91 Å². The summed E-state index contributed by atoms with van der Waals surface area (Å²) in [4.78, 5) is 22.4. The van der Waals surface area contributed by atoms with Crippen LogP contribution >= 0.6 is 0 Å². The number of morpholine rings is 1. The molecule has 2 bridgehead atoms. The number of H-pyrrole nitrogens is 1. The van der Waals surface area contributed by atoms with Gasteiger partial charge in [0.25, 0.3) is 5.91 Å². The van der Waals surface area contributed by atoms with Crippen molar-refractivity contribution in [3.05, 3.63) is 35.2 Å². The van der Waals surface area contributed by atoms with Gasteiger partial charge in [-0.15, -0.1) is 0 Å². The first-order chi connectivity index (χ1) is 14.6. The molecule has 8 heteroatoms. The second kappa shape index (κ2) is 6.92. The van der Waals surface area contributed by atoms with Gasteiger partial charge in [-0.1, -0.05) is 0 Å². The minimum atomic E-state index is -0.132. The molecule has 3 atom stereocenters. The summed E-state index contributed by atoms with van der Waals surface area (Å²) in [6.07, 6.45) is 11.0. The third-order valence-corrected chi connectivity index (χ3v) is 7.71. The molecule has 1 unspecified atom stereocenters. The SMILES string of the molecule is Cn1cncc1CN1CCOC2(C[C@H]3CC[C@@H](C2)N3C(=O)c2n[nH]c3c2CCC3)C1. The molecule has 30 heavy (non-hydrogen) atoms. The number of hydrogen-bond donors (Lipinski definition) is 1. The van der Waals surface area contributed by atoms with Crippen molar-refractivity contribution in [1.29, 1.82) is 0 Å². The van der Waals surface area contributed by atoms with Crippen molar-refractivity contribution in [3.63, 3.8) is 0 Å². The van der Waals surface area contributed by atoms with Crippen LogP contribution in [0.4, 0.5) is 0 Å². The summed E-state index contributed by atoms with van der Waals surface area (Å²) in [7, 11) is 2.05. The van der Waals surface area contributed by atoms with Gasteiger partial charge in [0.2, 0.25) is 0 Å². The summed E-state index contributed by atoms with van der Waals surface area (Å²) in [5.74, 6) is 0.138. The highest BCUT2D eigenvalue weighted by Crippen LogP contribution is 2.45. The van der Waals surface area contributed by atoms with Crippen LogP contribution in [0.25, 0.3) is 0 Å². The van der Waals surface area contributed by atoms with Gasteiger partial charge in [-0.3, -0.25) is 14.8 Å². The smallest absolute Gasteiger partial charge is 0.275 e. The summed E-state index contributed by atoms with van der Waals surface area (Å²) in [6.45, 7) is 3.55. The lowest BCUT2D eigenvalue weighted by atomic mass is 9.84. The number of ether oxygens (including phenoxy) is 1. The van der Waals surface area contributed by atoms with Gasteiger partial charge >= 0.3 is 0 Å². The molecule has 0 saturated carbocycles. The minimum absolute atomic E-state index is 0.132. The number of hydrogen-bond acceptors (Lipinski definition) is 5. The molecule has 3 fully saturated rings. The summed E-state index contributed by atoms with van der Waals surface area (Å²) >= 11 is 0. The van der Waals surface area contributed by atoms with E-state index >= 15 is 0 Å². The standard InChI is InChI=1S/C22H30N6O2/c1-26-14-23-11-17(26)12-27-7-8-30-22(13-27)9-15-5-6-16(10-22)28(15)21(29)20-18-3-2-4-19(18)24-25-20/h11,14-16H,2-10,12-13H2,1H3,(H,24,25)/t15-,16+,22?. The lowest BCUT2D eigenvalue weighted by molar-refractivity contribution is -0.146. The Morgan fingerprint density at radius 2 is 2.13 bits per heavy atom. The van der Waals surface area contributed by atoms with Crippen LogP contribution in [0.1, 0.15) is 59.5 Å². The van der Waals surface area contributed by atoms with Crippen LogP contribution in [0.5, 0.6) is 0 Å². The van der Waals surface area contributed by atoms with Crippen LogP contribution in [0.3, 0.4) is 0 Å². The molecule has 4 aliphatic rings. The number of nitrogens with one attached hydrogen (secondary N) is 1. The van der Waals surface area contributed by atoms with Gasteiger partial charge in [-0.25, -0.2) is 4.98 Å². The molecule has 160 valence electrons. The van der Waals surface area contributed by atoms with Crippen LogP contribution in [0.2, 0.25) is 0 Å². The van der Waals surface area contributed by atoms with Gasteiger partial charge in [-0.2, -0.15) is 5.10 Å². The van der Waals surface area contributed by atoms with Crippen molar-refractivity contribution < 1.29 is 9.53 Å². The molecule has 1 N–H and O–H groups in total. The van der Waals surface area contributed by atoms with E-state index in [4.69, 9.17) is 4.74 Å². The van der Waals surface area contributed by atoms with Gasteiger partial charge in [0.15, 0.2) is 5.69 Å². The number of piperidine rings is 1. The second-order valence-corrected chi connectivity index (χ2v) is 9.63. The van der Waals surface area contributed by atoms with Gasteiger partial charge < -0.3 is 14.2 Å². The van der Waals surface area contributed by atoms with E-state index in [1.807, 2.05) is 12.5 Å². The molecule has 0 aromatic carbocycles. The first kappa shape index (κ1) is 18.6. The van der Waals surface area contributed by atoms with Gasteiger partial charge in [0.05, 0.1) is 24.2 Å². The quantitative estimate of drug-likeness (QED) is 0.833. The highest BCUT2D eigenvalue weighted by molar-refractivity contribution is 5.95. The Morgan fingerprint density at radius 3 is 2.90 bits per heavy atom. The van der Waals surface area contributed by atoms with Crippen molar-refractivity contribution in [2.75, 3.05) is 19.7 Å². The maximum absolute atomic E-state index is 13.4. The molecule has 3 aliphatic heterocycles. The fourth-order valence-corrected chi connectivity index (χ4v) is 6.33. The van der Waals surface area contributed by atoms with Crippen LogP contribution in [0.15, 0.2) is 12.5 Å². The van der Waals surface area contributed by atoms with Gasteiger partial charge in [0, 0.05) is 56.2 Å². The molecule has 6 rings (SSSR count). The Morgan fingerprint density at radius 1 is 1.30 bits per heavy atom. The van der Waals surface area contributed by atoms with E-state index in [1.54, 1.807) is 0 Å². The number of aryl methyl sites for hydroxylation is 2. The zero-order valence-electron chi connectivity index (χ0n) is 17.6. The number of amides is 1. The highest BCUT2D eigenvalue weighted by Gasteiger charge is 2.52. The van der Waals surface area contributed by atoms with Gasteiger partial charge in [-0.05, 0) is 44.9 Å². The monoisotopic (exact) mass is 410 g/mol. The Labute approximate surface area is 176 Å². The number of aromatic nitrogens is 4. The molecule has 1 amide bonds. The Kier molecular flexibility index (Phi) is 4.28. The number of carbonyl (C=O) groups is 1. The number of carbonyl (C=O) groups excluding carboxylic acids is 1. The summed E-state index contributed by atoms with van der Waals surface area (Å²) < 4.78 is 8.53. The zero-order valence-corrected chi connectivity index (χ0v) is 17.6. The largest absolute Gasteiger partial charge is 0.372 e. The average Bonchev–Trinajstić information content (AvgIpc) is 3.47. The second-order valence-electron chi connectivity index (χ2n) is 9.63. The predicted molar refractivity (Wildman–Crippen MR) is 110 cm³/mol. The number of nitrogens with zero attached hydrogens (tertiary/aromatic N) is 5. The molecule has 8 nitrogen and oxygen atoms in total. The van der Waals surface area contributed by atoms with Crippen LogP contribution < -0.4 is 0 Å². The van der Waals surface area contributed by atoms with Crippen LogP contribution in [0, 0.1) is 0 Å². The molecule has 2 aromatic heterocycles. The maximum atomic E-state index is 13.4. The molecular weight excluding hydrogens is 380 g/mol. The van der Waals surface area contributed by atoms with E-state index in [1.165, 1.54) is 11.4 Å². The molecule has 5 heterocycles. The lowest BCUT2D eigenvalue weighted by Crippen LogP contribution is -2.60.